The number of nitrogens with zero attached hydrogens (tertiary/aromatic N) is 5. The average molecular weight is 374 g/mol. The van der Waals surface area contributed by atoms with Crippen LogP contribution in [-0.4, -0.2) is 36.0 Å². The third kappa shape index (κ3) is 2.78. The standard InChI is InChI=1S/C19H14N6O3/c26-19(18-22-10-23-24-18)25-9-12-6-13(28-14-2-1-5-20-7-14)3-4-15(12)17(25)16-8-21-11-27-16/h1-8,10-11,17H,9H2,(H,22,23,24). The average Bonchev–Trinajstić information content (AvgIpc) is 3.47. The summed E-state index contributed by atoms with van der Waals surface area (Å²) in [4.78, 5) is 26.6. The van der Waals surface area contributed by atoms with Crippen molar-refractivity contribution in [1.82, 2.24) is 30.0 Å². The van der Waals surface area contributed by atoms with E-state index in [-0.39, 0.29) is 11.7 Å². The largest absolute Gasteiger partial charge is 0.456 e. The zero-order valence-corrected chi connectivity index (χ0v) is 14.5. The Balaban J connectivity index is 1.51. The van der Waals surface area contributed by atoms with Gasteiger partial charge in [-0.3, -0.25) is 14.9 Å². The van der Waals surface area contributed by atoms with Crippen molar-refractivity contribution in [3.05, 3.63) is 84.4 Å². The summed E-state index contributed by atoms with van der Waals surface area (Å²) in [5.74, 6) is 1.78. The highest BCUT2D eigenvalue weighted by Gasteiger charge is 2.38. The van der Waals surface area contributed by atoms with Crippen molar-refractivity contribution in [3.8, 4) is 11.5 Å². The molecule has 4 aromatic rings. The molecule has 0 fully saturated rings. The second-order valence-corrected chi connectivity index (χ2v) is 6.22. The molecule has 0 saturated carbocycles. The number of hydrogen-bond acceptors (Lipinski definition) is 7. The van der Waals surface area contributed by atoms with E-state index in [4.69, 9.17) is 9.15 Å². The molecule has 0 radical (unpaired) electrons. The summed E-state index contributed by atoms with van der Waals surface area (Å²) in [5.41, 5.74) is 1.90. The van der Waals surface area contributed by atoms with Crippen molar-refractivity contribution >= 4 is 5.91 Å². The lowest BCUT2D eigenvalue weighted by atomic mass is 10.0. The fraction of sp³-hybridized carbons (Fsp3) is 0.105. The van der Waals surface area contributed by atoms with Gasteiger partial charge >= 0.3 is 0 Å². The molecule has 0 aliphatic carbocycles. The zero-order chi connectivity index (χ0) is 18.9. The highest BCUT2D eigenvalue weighted by Crippen LogP contribution is 2.41. The van der Waals surface area contributed by atoms with E-state index in [1.807, 2.05) is 24.3 Å². The summed E-state index contributed by atoms with van der Waals surface area (Å²) >= 11 is 0. The number of pyridine rings is 1. The van der Waals surface area contributed by atoms with Gasteiger partial charge in [0.1, 0.15) is 23.9 Å². The number of oxazole rings is 1. The maximum Gasteiger partial charge on any atom is 0.292 e. The highest BCUT2D eigenvalue weighted by molar-refractivity contribution is 5.91. The number of hydrogen-bond donors (Lipinski definition) is 1. The number of fused-ring (bicyclic) bond motifs is 1. The predicted molar refractivity (Wildman–Crippen MR) is 95.4 cm³/mol. The molecule has 0 saturated heterocycles. The molecule has 1 unspecified atom stereocenters. The monoisotopic (exact) mass is 374 g/mol. The van der Waals surface area contributed by atoms with Gasteiger partial charge in [0.15, 0.2) is 12.2 Å². The number of benzene rings is 1. The summed E-state index contributed by atoms with van der Waals surface area (Å²) in [6.45, 7) is 0.379. The minimum absolute atomic E-state index is 0.171. The molecule has 1 amide bonds. The van der Waals surface area contributed by atoms with Crippen LogP contribution in [-0.2, 0) is 6.54 Å². The van der Waals surface area contributed by atoms with Crippen LogP contribution >= 0.6 is 0 Å². The molecule has 1 aromatic carbocycles. The Morgan fingerprint density at radius 3 is 2.93 bits per heavy atom. The summed E-state index contributed by atoms with van der Waals surface area (Å²) in [6, 6.07) is 8.94. The van der Waals surface area contributed by atoms with Crippen LogP contribution in [0.4, 0.5) is 0 Å². The Hall–Kier alpha value is -4.01. The number of rotatable bonds is 4. The van der Waals surface area contributed by atoms with Gasteiger partial charge in [-0.25, -0.2) is 9.97 Å². The van der Waals surface area contributed by atoms with E-state index >= 15 is 0 Å². The minimum Gasteiger partial charge on any atom is -0.456 e. The number of nitrogens with one attached hydrogen (secondary N) is 1. The minimum atomic E-state index is -0.400. The Morgan fingerprint density at radius 1 is 1.21 bits per heavy atom. The smallest absolute Gasteiger partial charge is 0.292 e. The van der Waals surface area contributed by atoms with E-state index < -0.39 is 6.04 Å². The van der Waals surface area contributed by atoms with Gasteiger partial charge in [0.25, 0.3) is 5.91 Å². The van der Waals surface area contributed by atoms with Gasteiger partial charge in [-0.05, 0) is 35.4 Å². The normalized spacial score (nSPS) is 15.4. The zero-order valence-electron chi connectivity index (χ0n) is 14.5. The Kier molecular flexibility index (Phi) is 3.82. The molecule has 9 heteroatoms. The molecule has 138 valence electrons. The Morgan fingerprint density at radius 2 is 2.18 bits per heavy atom. The van der Waals surface area contributed by atoms with Gasteiger partial charge < -0.3 is 14.1 Å². The van der Waals surface area contributed by atoms with Gasteiger partial charge in [-0.2, -0.15) is 5.10 Å². The number of carbonyl (C=O) groups excluding carboxylic acids is 1. The van der Waals surface area contributed by atoms with Gasteiger partial charge in [0.2, 0.25) is 5.82 Å². The van der Waals surface area contributed by atoms with Crippen molar-refractivity contribution in [2.75, 3.05) is 0 Å². The molecule has 5 rings (SSSR count). The SMILES string of the molecule is O=C(c1ncn[nH]1)N1Cc2cc(Oc3cccnc3)ccc2C1c1cnco1. The fourth-order valence-corrected chi connectivity index (χ4v) is 3.34. The van der Waals surface area contributed by atoms with Crippen LogP contribution in [0.1, 0.15) is 33.5 Å². The van der Waals surface area contributed by atoms with E-state index in [9.17, 15) is 4.79 Å². The third-order valence-corrected chi connectivity index (χ3v) is 4.53. The highest BCUT2D eigenvalue weighted by atomic mass is 16.5. The first-order valence-corrected chi connectivity index (χ1v) is 8.55. The van der Waals surface area contributed by atoms with E-state index in [2.05, 4.69) is 25.1 Å². The van der Waals surface area contributed by atoms with E-state index in [1.165, 1.54) is 12.7 Å². The number of carbonyl (C=O) groups is 1. The first kappa shape index (κ1) is 16.2. The van der Waals surface area contributed by atoms with Gasteiger partial charge in [-0.15, -0.1) is 0 Å². The molecule has 0 spiro atoms. The molecule has 28 heavy (non-hydrogen) atoms. The van der Waals surface area contributed by atoms with E-state index in [0.29, 0.717) is 23.8 Å². The maximum absolute atomic E-state index is 12.9. The molecule has 1 aliphatic rings. The lowest BCUT2D eigenvalue weighted by Crippen LogP contribution is -2.30. The van der Waals surface area contributed by atoms with Crippen molar-refractivity contribution in [2.45, 2.75) is 12.6 Å². The summed E-state index contributed by atoms with van der Waals surface area (Å²) in [5, 5.41) is 6.39. The van der Waals surface area contributed by atoms with Crippen LogP contribution in [0.2, 0.25) is 0 Å². The maximum atomic E-state index is 12.9. The molecular weight excluding hydrogens is 360 g/mol. The first-order chi connectivity index (χ1) is 13.8. The summed E-state index contributed by atoms with van der Waals surface area (Å²) in [6.07, 6.45) is 7.60. The first-order valence-electron chi connectivity index (χ1n) is 8.55. The van der Waals surface area contributed by atoms with E-state index in [1.54, 1.807) is 29.6 Å². The number of amides is 1. The molecule has 4 heterocycles. The molecule has 1 N–H and O–H groups in total. The van der Waals surface area contributed by atoms with Crippen LogP contribution in [0.25, 0.3) is 0 Å². The van der Waals surface area contributed by atoms with Crippen LogP contribution in [0.3, 0.4) is 0 Å². The number of aromatic amines is 1. The molecule has 1 aliphatic heterocycles. The van der Waals surface area contributed by atoms with Gasteiger partial charge in [0.05, 0.1) is 12.4 Å². The Labute approximate surface area is 159 Å². The van der Waals surface area contributed by atoms with Crippen LogP contribution in [0, 0.1) is 0 Å². The van der Waals surface area contributed by atoms with Crippen molar-refractivity contribution in [2.24, 2.45) is 0 Å². The Bertz CT molecular complexity index is 1100. The molecule has 3 aromatic heterocycles. The van der Waals surface area contributed by atoms with Crippen molar-refractivity contribution < 1.29 is 13.9 Å². The number of ether oxygens (including phenoxy) is 1. The summed E-state index contributed by atoms with van der Waals surface area (Å²) in [7, 11) is 0. The second kappa shape index (κ2) is 6.62. The third-order valence-electron chi connectivity index (χ3n) is 4.53. The topological polar surface area (TPSA) is 110 Å². The molecule has 9 nitrogen and oxygen atoms in total. The van der Waals surface area contributed by atoms with Gasteiger partial charge in [0, 0.05) is 12.7 Å². The number of aromatic nitrogens is 5. The fourth-order valence-electron chi connectivity index (χ4n) is 3.34. The second-order valence-electron chi connectivity index (χ2n) is 6.22. The summed E-state index contributed by atoms with van der Waals surface area (Å²) < 4.78 is 11.4. The molecular formula is C19H14N6O3. The molecule has 1 atom stereocenters. The predicted octanol–water partition coefficient (Wildman–Crippen LogP) is 2.73. The van der Waals surface area contributed by atoms with Gasteiger partial charge in [-0.1, -0.05) is 6.07 Å². The molecule has 0 bridgehead atoms. The van der Waals surface area contributed by atoms with Crippen LogP contribution < -0.4 is 4.74 Å². The van der Waals surface area contributed by atoms with Crippen LogP contribution in [0.15, 0.2) is 66.1 Å². The lowest BCUT2D eigenvalue weighted by Gasteiger charge is -2.22. The van der Waals surface area contributed by atoms with E-state index in [0.717, 1.165) is 11.1 Å². The lowest BCUT2D eigenvalue weighted by molar-refractivity contribution is 0.0691. The number of H-pyrrole nitrogens is 1. The van der Waals surface area contributed by atoms with Crippen molar-refractivity contribution in [3.63, 3.8) is 0 Å². The van der Waals surface area contributed by atoms with Crippen LogP contribution in [0.5, 0.6) is 11.5 Å². The quantitative estimate of drug-likeness (QED) is 0.585. The van der Waals surface area contributed by atoms with Crippen molar-refractivity contribution in [1.29, 1.82) is 0 Å².